The van der Waals surface area contributed by atoms with Crippen LogP contribution < -0.4 is 0 Å². The Morgan fingerprint density at radius 3 is 2.87 bits per heavy atom. The van der Waals surface area contributed by atoms with Gasteiger partial charge in [-0.3, -0.25) is 10.1 Å². The molecule has 0 heterocycles. The maximum Gasteiger partial charge on any atom is 0.269 e. The van der Waals surface area contributed by atoms with Gasteiger partial charge in [0.25, 0.3) is 5.69 Å². The Bertz CT molecular complexity index is 395. The van der Waals surface area contributed by atoms with Crippen molar-refractivity contribution in [1.82, 2.24) is 0 Å². The number of aliphatic hydroxyl groups is 1. The summed E-state index contributed by atoms with van der Waals surface area (Å²) in [5.41, 5.74) is 0.715. The van der Waals surface area contributed by atoms with Crippen molar-refractivity contribution >= 4 is 5.69 Å². The van der Waals surface area contributed by atoms with Crippen LogP contribution in [0.15, 0.2) is 24.3 Å². The fourth-order valence-electron chi connectivity index (χ4n) is 1.32. The second kappa shape index (κ2) is 5.13. The minimum absolute atomic E-state index is 0.0166. The number of benzene rings is 1. The third kappa shape index (κ3) is 2.79. The average molecular weight is 205 g/mol. The predicted octanol–water partition coefficient (Wildman–Crippen LogP) is 1.69. The number of non-ortho nitro benzene ring substituents is 1. The fraction of sp³-hybridized carbons (Fsp3) is 0.273. The highest BCUT2D eigenvalue weighted by Gasteiger charge is 2.12. The van der Waals surface area contributed by atoms with E-state index in [1.54, 1.807) is 12.1 Å². The van der Waals surface area contributed by atoms with E-state index >= 15 is 0 Å². The summed E-state index contributed by atoms with van der Waals surface area (Å²) < 4.78 is 0. The molecule has 0 fully saturated rings. The zero-order valence-electron chi connectivity index (χ0n) is 8.09. The number of rotatable bonds is 4. The summed E-state index contributed by atoms with van der Waals surface area (Å²) in [6.07, 6.45) is 5.52. The molecule has 0 spiro atoms. The third-order valence-electron chi connectivity index (χ3n) is 2.14. The Morgan fingerprint density at radius 2 is 2.33 bits per heavy atom. The van der Waals surface area contributed by atoms with Gasteiger partial charge in [0.2, 0.25) is 0 Å². The molecule has 1 rings (SSSR count). The minimum Gasteiger partial charge on any atom is -0.396 e. The molecule has 4 heteroatoms. The van der Waals surface area contributed by atoms with E-state index in [4.69, 9.17) is 11.5 Å². The first-order valence-electron chi connectivity index (χ1n) is 4.47. The van der Waals surface area contributed by atoms with Crippen LogP contribution in [-0.4, -0.2) is 16.6 Å². The lowest BCUT2D eigenvalue weighted by atomic mass is 9.96. The first kappa shape index (κ1) is 11.2. The quantitative estimate of drug-likeness (QED) is 0.462. The van der Waals surface area contributed by atoms with Crippen molar-refractivity contribution in [3.63, 3.8) is 0 Å². The Hall–Kier alpha value is -1.86. The molecule has 1 unspecified atom stereocenters. The molecule has 0 saturated carbocycles. The van der Waals surface area contributed by atoms with Gasteiger partial charge in [-0.2, -0.15) is 0 Å². The maximum absolute atomic E-state index is 10.5. The van der Waals surface area contributed by atoms with Crippen LogP contribution in [0.1, 0.15) is 17.9 Å². The molecule has 1 atom stereocenters. The van der Waals surface area contributed by atoms with Crippen molar-refractivity contribution in [1.29, 1.82) is 0 Å². The van der Waals surface area contributed by atoms with E-state index in [2.05, 4.69) is 5.92 Å². The van der Waals surface area contributed by atoms with E-state index in [1.165, 1.54) is 12.1 Å². The van der Waals surface area contributed by atoms with Gasteiger partial charge in [0.05, 0.1) is 11.5 Å². The van der Waals surface area contributed by atoms with Crippen molar-refractivity contribution < 1.29 is 10.0 Å². The second-order valence-electron chi connectivity index (χ2n) is 3.14. The van der Waals surface area contributed by atoms with Gasteiger partial charge >= 0.3 is 0 Å². The molecule has 1 aromatic rings. The van der Waals surface area contributed by atoms with Gasteiger partial charge in [0, 0.05) is 24.5 Å². The van der Waals surface area contributed by atoms with Gasteiger partial charge in [-0.25, -0.2) is 0 Å². The molecule has 4 nitrogen and oxygen atoms in total. The second-order valence-corrected chi connectivity index (χ2v) is 3.14. The molecule has 0 amide bonds. The van der Waals surface area contributed by atoms with Crippen molar-refractivity contribution in [3.8, 4) is 12.3 Å². The molecule has 0 saturated heterocycles. The molecule has 0 aromatic heterocycles. The van der Waals surface area contributed by atoms with Crippen LogP contribution >= 0.6 is 0 Å². The topological polar surface area (TPSA) is 63.4 Å². The first-order valence-corrected chi connectivity index (χ1v) is 4.47. The van der Waals surface area contributed by atoms with E-state index in [0.717, 1.165) is 0 Å². The minimum atomic E-state index is -0.464. The predicted molar refractivity (Wildman–Crippen MR) is 56.4 cm³/mol. The van der Waals surface area contributed by atoms with Gasteiger partial charge in [-0.05, 0) is 5.56 Å². The lowest BCUT2D eigenvalue weighted by Gasteiger charge is -2.10. The standard InChI is InChI=1S/C11H11NO3/c1-2-4-10(8-13)9-5-3-6-11(7-9)12(14)15/h1,3,5-7,10,13H,4,8H2. The first-order chi connectivity index (χ1) is 7.19. The van der Waals surface area contributed by atoms with Crippen molar-refractivity contribution in [3.05, 3.63) is 39.9 Å². The molecule has 0 radical (unpaired) electrons. The average Bonchev–Trinajstić information content (AvgIpc) is 2.26. The highest BCUT2D eigenvalue weighted by Crippen LogP contribution is 2.22. The van der Waals surface area contributed by atoms with Crippen LogP contribution in [0.3, 0.4) is 0 Å². The lowest BCUT2D eigenvalue weighted by Crippen LogP contribution is -2.03. The normalized spacial score (nSPS) is 11.7. The van der Waals surface area contributed by atoms with E-state index in [9.17, 15) is 10.1 Å². The molecule has 0 bridgehead atoms. The van der Waals surface area contributed by atoms with E-state index < -0.39 is 4.92 Å². The van der Waals surface area contributed by atoms with Crippen LogP contribution in [0.25, 0.3) is 0 Å². The number of nitrogens with zero attached hydrogens (tertiary/aromatic N) is 1. The Labute approximate surface area is 87.7 Å². The highest BCUT2D eigenvalue weighted by molar-refractivity contribution is 5.36. The summed E-state index contributed by atoms with van der Waals surface area (Å²) in [6.45, 7) is -0.106. The number of terminal acetylenes is 1. The van der Waals surface area contributed by atoms with E-state index in [-0.39, 0.29) is 18.2 Å². The summed E-state index contributed by atoms with van der Waals surface area (Å²) in [4.78, 5) is 10.1. The Balaban J connectivity index is 2.98. The molecule has 1 N–H and O–H groups in total. The van der Waals surface area contributed by atoms with Gasteiger partial charge in [-0.1, -0.05) is 12.1 Å². The van der Waals surface area contributed by atoms with Crippen molar-refractivity contribution in [2.45, 2.75) is 12.3 Å². The summed E-state index contributed by atoms with van der Waals surface area (Å²) >= 11 is 0. The zero-order valence-corrected chi connectivity index (χ0v) is 8.09. The van der Waals surface area contributed by atoms with Crippen LogP contribution in [0, 0.1) is 22.5 Å². The lowest BCUT2D eigenvalue weighted by molar-refractivity contribution is -0.384. The van der Waals surface area contributed by atoms with Crippen molar-refractivity contribution in [2.75, 3.05) is 6.61 Å². The molecule has 15 heavy (non-hydrogen) atoms. The smallest absolute Gasteiger partial charge is 0.269 e. The van der Waals surface area contributed by atoms with Gasteiger partial charge in [0.1, 0.15) is 0 Å². The Kier molecular flexibility index (Phi) is 3.83. The highest BCUT2D eigenvalue weighted by atomic mass is 16.6. The molecular formula is C11H11NO3. The summed E-state index contributed by atoms with van der Waals surface area (Å²) in [6, 6.07) is 6.17. The SMILES string of the molecule is C#CCC(CO)c1cccc([N+](=O)[O-])c1. The number of nitro groups is 1. The van der Waals surface area contributed by atoms with Crippen molar-refractivity contribution in [2.24, 2.45) is 0 Å². The molecule has 0 aliphatic carbocycles. The van der Waals surface area contributed by atoms with Crippen LogP contribution in [0.2, 0.25) is 0 Å². The summed E-state index contributed by atoms with van der Waals surface area (Å²) in [7, 11) is 0. The van der Waals surface area contributed by atoms with Gasteiger partial charge in [-0.15, -0.1) is 12.3 Å². The number of nitro benzene ring substituents is 1. The zero-order chi connectivity index (χ0) is 11.3. The number of hydrogen-bond donors (Lipinski definition) is 1. The van der Waals surface area contributed by atoms with Crippen LogP contribution in [0.4, 0.5) is 5.69 Å². The fourth-order valence-corrected chi connectivity index (χ4v) is 1.32. The molecule has 1 aromatic carbocycles. The third-order valence-corrected chi connectivity index (χ3v) is 2.14. The van der Waals surface area contributed by atoms with E-state index in [1.807, 2.05) is 0 Å². The molecule has 0 aliphatic heterocycles. The van der Waals surface area contributed by atoms with Crippen LogP contribution in [0.5, 0.6) is 0 Å². The number of hydrogen-bond acceptors (Lipinski definition) is 3. The maximum atomic E-state index is 10.5. The van der Waals surface area contributed by atoms with Gasteiger partial charge in [0.15, 0.2) is 0 Å². The Morgan fingerprint density at radius 1 is 1.60 bits per heavy atom. The molecule has 78 valence electrons. The largest absolute Gasteiger partial charge is 0.396 e. The molecule has 0 aliphatic rings. The number of aliphatic hydroxyl groups excluding tert-OH is 1. The summed E-state index contributed by atoms with van der Waals surface area (Å²) in [5, 5.41) is 19.6. The monoisotopic (exact) mass is 205 g/mol. The van der Waals surface area contributed by atoms with Gasteiger partial charge < -0.3 is 5.11 Å². The molecular weight excluding hydrogens is 194 g/mol. The summed E-state index contributed by atoms with van der Waals surface area (Å²) in [5.74, 6) is 2.21. The van der Waals surface area contributed by atoms with E-state index in [0.29, 0.717) is 12.0 Å². The van der Waals surface area contributed by atoms with Crippen LogP contribution in [-0.2, 0) is 0 Å².